The van der Waals surface area contributed by atoms with E-state index in [4.69, 9.17) is 9.63 Å². The maximum atomic E-state index is 11.9. The third-order valence-corrected chi connectivity index (χ3v) is 4.17. The van der Waals surface area contributed by atoms with Gasteiger partial charge in [-0.05, 0) is 51.2 Å². The van der Waals surface area contributed by atoms with E-state index in [2.05, 4.69) is 22.4 Å². The highest BCUT2D eigenvalue weighted by Gasteiger charge is 2.13. The molecule has 1 amide bonds. The molecule has 25 heavy (non-hydrogen) atoms. The quantitative estimate of drug-likeness (QED) is 0.646. The van der Waals surface area contributed by atoms with Crippen molar-refractivity contribution in [2.45, 2.75) is 52.4 Å². The number of rotatable bonds is 10. The average Bonchev–Trinajstić information content (AvgIpc) is 2.98. The highest BCUT2D eigenvalue weighted by molar-refractivity contribution is 5.93. The Morgan fingerprint density at radius 3 is 2.76 bits per heavy atom. The summed E-state index contributed by atoms with van der Waals surface area (Å²) in [6, 6.07) is 3.67. The topological polar surface area (TPSA) is 88.2 Å². The van der Waals surface area contributed by atoms with Crippen LogP contribution in [0, 0.1) is 6.92 Å². The summed E-state index contributed by atoms with van der Waals surface area (Å²) in [6.45, 7) is 4.65. The van der Waals surface area contributed by atoms with Gasteiger partial charge < -0.3 is 14.9 Å². The zero-order valence-corrected chi connectivity index (χ0v) is 15.0. The lowest BCUT2D eigenvalue weighted by Crippen LogP contribution is -2.25. The minimum Gasteiger partial charge on any atom is -0.396 e. The monoisotopic (exact) mass is 345 g/mol. The summed E-state index contributed by atoms with van der Waals surface area (Å²) in [6.07, 6.45) is 6.96. The maximum absolute atomic E-state index is 11.9. The van der Waals surface area contributed by atoms with Crippen LogP contribution >= 0.6 is 0 Å². The molecule has 0 radical (unpaired) electrons. The second kappa shape index (κ2) is 9.93. The molecule has 0 bridgehead atoms. The van der Waals surface area contributed by atoms with Crippen LogP contribution in [-0.2, 0) is 19.3 Å². The molecule has 2 aromatic heterocycles. The van der Waals surface area contributed by atoms with E-state index in [9.17, 15) is 4.79 Å². The van der Waals surface area contributed by atoms with Crippen molar-refractivity contribution in [1.29, 1.82) is 0 Å². The predicted molar refractivity (Wildman–Crippen MR) is 95.5 cm³/mol. The number of aryl methyl sites for hydroxylation is 3. The maximum Gasteiger partial charge on any atom is 0.252 e. The summed E-state index contributed by atoms with van der Waals surface area (Å²) in [5.41, 5.74) is 3.71. The average molecular weight is 345 g/mol. The molecule has 0 aliphatic heterocycles. The van der Waals surface area contributed by atoms with Gasteiger partial charge in [-0.1, -0.05) is 18.5 Å². The van der Waals surface area contributed by atoms with Crippen LogP contribution in [0.2, 0.25) is 0 Å². The second-order valence-electron chi connectivity index (χ2n) is 6.14. The van der Waals surface area contributed by atoms with Gasteiger partial charge in [0.05, 0.1) is 11.3 Å². The number of aromatic nitrogens is 2. The molecular weight excluding hydrogens is 318 g/mol. The van der Waals surface area contributed by atoms with Crippen LogP contribution in [0.15, 0.2) is 22.9 Å². The molecule has 0 aromatic carbocycles. The van der Waals surface area contributed by atoms with E-state index in [0.717, 1.165) is 49.3 Å². The van der Waals surface area contributed by atoms with Crippen LogP contribution in [0.25, 0.3) is 0 Å². The van der Waals surface area contributed by atoms with Gasteiger partial charge >= 0.3 is 0 Å². The molecule has 2 heterocycles. The summed E-state index contributed by atoms with van der Waals surface area (Å²) in [5, 5.41) is 15.7. The van der Waals surface area contributed by atoms with E-state index < -0.39 is 0 Å². The van der Waals surface area contributed by atoms with Gasteiger partial charge in [0, 0.05) is 30.6 Å². The predicted octanol–water partition coefficient (Wildman–Crippen LogP) is 2.62. The van der Waals surface area contributed by atoms with Crippen LogP contribution < -0.4 is 5.32 Å². The Hall–Kier alpha value is -2.21. The molecule has 0 saturated carbocycles. The number of hydrogen-bond acceptors (Lipinski definition) is 5. The van der Waals surface area contributed by atoms with Gasteiger partial charge in [-0.25, -0.2) is 0 Å². The standard InChI is InChI=1S/C19H27N3O3/c1-3-4-6-18-17(14(2)25-22-18)10-9-16-8-7-15(13-21-16)19(24)20-11-5-12-23/h7-8,13,23H,3-6,9-12H2,1-2H3,(H,20,24). The Labute approximate surface area is 148 Å². The minimum atomic E-state index is -0.163. The van der Waals surface area contributed by atoms with Crippen LogP contribution in [-0.4, -0.2) is 34.3 Å². The summed E-state index contributed by atoms with van der Waals surface area (Å²) in [7, 11) is 0. The van der Waals surface area contributed by atoms with Crippen molar-refractivity contribution < 1.29 is 14.4 Å². The SMILES string of the molecule is CCCCc1noc(C)c1CCc1ccc(C(=O)NCCCO)cn1. The Bertz CT molecular complexity index is 665. The first-order valence-corrected chi connectivity index (χ1v) is 8.93. The molecule has 2 rings (SSSR count). The third-order valence-electron chi connectivity index (χ3n) is 4.17. The number of pyridine rings is 1. The van der Waals surface area contributed by atoms with Crippen molar-refractivity contribution in [2.75, 3.05) is 13.2 Å². The number of amides is 1. The van der Waals surface area contributed by atoms with E-state index in [-0.39, 0.29) is 12.5 Å². The van der Waals surface area contributed by atoms with Gasteiger partial charge in [0.1, 0.15) is 5.76 Å². The Morgan fingerprint density at radius 1 is 1.24 bits per heavy atom. The number of carbonyl (C=O) groups excluding carboxylic acids is 1. The van der Waals surface area contributed by atoms with Crippen molar-refractivity contribution in [3.63, 3.8) is 0 Å². The van der Waals surface area contributed by atoms with E-state index in [1.165, 1.54) is 5.56 Å². The number of aliphatic hydroxyl groups excluding tert-OH is 1. The molecule has 0 unspecified atom stereocenters. The zero-order chi connectivity index (χ0) is 18.1. The zero-order valence-electron chi connectivity index (χ0n) is 15.0. The van der Waals surface area contributed by atoms with Gasteiger partial charge in [0.15, 0.2) is 0 Å². The lowest BCUT2D eigenvalue weighted by molar-refractivity contribution is 0.0951. The fourth-order valence-corrected chi connectivity index (χ4v) is 2.64. The van der Waals surface area contributed by atoms with Crippen LogP contribution in [0.1, 0.15) is 59.3 Å². The van der Waals surface area contributed by atoms with Crippen LogP contribution in [0.3, 0.4) is 0 Å². The number of unbranched alkanes of at least 4 members (excludes halogenated alkanes) is 1. The number of nitrogens with zero attached hydrogens (tertiary/aromatic N) is 2. The molecule has 2 aromatic rings. The van der Waals surface area contributed by atoms with Crippen molar-refractivity contribution in [2.24, 2.45) is 0 Å². The first-order valence-electron chi connectivity index (χ1n) is 8.93. The van der Waals surface area contributed by atoms with Crippen LogP contribution in [0.4, 0.5) is 0 Å². The number of nitrogens with one attached hydrogen (secondary N) is 1. The molecule has 6 heteroatoms. The molecule has 2 N–H and O–H groups in total. The molecule has 0 fully saturated rings. The van der Waals surface area contributed by atoms with Gasteiger partial charge in [-0.3, -0.25) is 9.78 Å². The lowest BCUT2D eigenvalue weighted by atomic mass is 10.0. The van der Waals surface area contributed by atoms with Crippen molar-refractivity contribution >= 4 is 5.91 Å². The Kier molecular flexibility index (Phi) is 7.60. The van der Waals surface area contributed by atoms with Gasteiger partial charge in [0.25, 0.3) is 5.91 Å². The smallest absolute Gasteiger partial charge is 0.252 e. The highest BCUT2D eigenvalue weighted by atomic mass is 16.5. The normalized spacial score (nSPS) is 10.8. The molecular formula is C19H27N3O3. The summed E-state index contributed by atoms with van der Waals surface area (Å²) >= 11 is 0. The molecule has 0 aliphatic rings. The number of hydrogen-bond donors (Lipinski definition) is 2. The molecule has 0 atom stereocenters. The third kappa shape index (κ3) is 5.67. The summed E-state index contributed by atoms with van der Waals surface area (Å²) in [4.78, 5) is 16.3. The lowest BCUT2D eigenvalue weighted by Gasteiger charge is -2.06. The minimum absolute atomic E-state index is 0.0694. The van der Waals surface area contributed by atoms with Gasteiger partial charge in [-0.2, -0.15) is 0 Å². The van der Waals surface area contributed by atoms with E-state index in [0.29, 0.717) is 18.5 Å². The van der Waals surface area contributed by atoms with E-state index in [1.807, 2.05) is 13.0 Å². The summed E-state index contributed by atoms with van der Waals surface area (Å²) < 4.78 is 5.34. The van der Waals surface area contributed by atoms with Crippen molar-refractivity contribution in [1.82, 2.24) is 15.5 Å². The van der Waals surface area contributed by atoms with E-state index >= 15 is 0 Å². The Balaban J connectivity index is 1.91. The molecule has 0 aliphatic carbocycles. The Morgan fingerprint density at radius 2 is 2.08 bits per heavy atom. The first kappa shape index (κ1) is 19.1. The largest absolute Gasteiger partial charge is 0.396 e. The number of aliphatic hydroxyl groups is 1. The fraction of sp³-hybridized carbons (Fsp3) is 0.526. The van der Waals surface area contributed by atoms with Gasteiger partial charge in [0.2, 0.25) is 0 Å². The highest BCUT2D eigenvalue weighted by Crippen LogP contribution is 2.18. The molecule has 0 spiro atoms. The van der Waals surface area contributed by atoms with Crippen molar-refractivity contribution in [3.8, 4) is 0 Å². The van der Waals surface area contributed by atoms with Crippen LogP contribution in [0.5, 0.6) is 0 Å². The van der Waals surface area contributed by atoms with Crippen molar-refractivity contribution in [3.05, 3.63) is 46.6 Å². The first-order chi connectivity index (χ1) is 12.2. The fourth-order valence-electron chi connectivity index (χ4n) is 2.64. The summed E-state index contributed by atoms with van der Waals surface area (Å²) in [5.74, 6) is 0.718. The molecule has 136 valence electrons. The molecule has 0 saturated heterocycles. The van der Waals surface area contributed by atoms with Gasteiger partial charge in [-0.15, -0.1) is 0 Å². The second-order valence-corrected chi connectivity index (χ2v) is 6.14. The molecule has 6 nitrogen and oxygen atoms in total. The number of carbonyl (C=O) groups is 1. The van der Waals surface area contributed by atoms with E-state index in [1.54, 1.807) is 12.3 Å².